The van der Waals surface area contributed by atoms with Crippen LogP contribution in [0.25, 0.3) is 0 Å². The van der Waals surface area contributed by atoms with Gasteiger partial charge in [-0.2, -0.15) is 0 Å². The summed E-state index contributed by atoms with van der Waals surface area (Å²) in [7, 11) is 5.92. The standard InChI is InChI=1S/C19H34ClN5/c1-21-19(24(3)16-18-14-17(20)15-23(18)2)22-10-6-4-7-11-25-12-8-5-9-13-25/h14-15H,4-13,16H2,1-3H3,(H,21,22). The summed E-state index contributed by atoms with van der Waals surface area (Å²) < 4.78 is 2.06. The second-order valence-electron chi connectivity index (χ2n) is 7.05. The Labute approximate surface area is 158 Å². The van der Waals surface area contributed by atoms with Gasteiger partial charge in [-0.3, -0.25) is 4.99 Å². The SMILES string of the molecule is CN=C(NCCCCCN1CCCCC1)N(C)Cc1cc(Cl)cn1C. The molecule has 0 radical (unpaired) electrons. The predicted molar refractivity (Wildman–Crippen MR) is 107 cm³/mol. The maximum absolute atomic E-state index is 6.06. The summed E-state index contributed by atoms with van der Waals surface area (Å²) in [6.07, 6.45) is 9.89. The minimum atomic E-state index is 0.780. The molecule has 0 atom stereocenters. The Bertz CT molecular complexity index is 534. The Morgan fingerprint density at radius 1 is 1.24 bits per heavy atom. The summed E-state index contributed by atoms with van der Waals surface area (Å²) in [5.41, 5.74) is 1.18. The number of hydrogen-bond acceptors (Lipinski definition) is 2. The van der Waals surface area contributed by atoms with E-state index in [2.05, 4.69) is 31.7 Å². The number of halogens is 1. The van der Waals surface area contributed by atoms with Gasteiger partial charge in [0.25, 0.3) is 0 Å². The molecule has 5 nitrogen and oxygen atoms in total. The molecule has 2 rings (SSSR count). The van der Waals surface area contributed by atoms with Crippen molar-refractivity contribution in [3.05, 3.63) is 23.0 Å². The number of likely N-dealkylation sites (tertiary alicyclic amines) is 1. The monoisotopic (exact) mass is 367 g/mol. The first-order valence-electron chi connectivity index (χ1n) is 9.55. The van der Waals surface area contributed by atoms with E-state index in [1.807, 2.05) is 26.4 Å². The average Bonchev–Trinajstić information content (AvgIpc) is 2.92. The number of hydrogen-bond donors (Lipinski definition) is 1. The summed E-state index contributed by atoms with van der Waals surface area (Å²) in [6.45, 7) is 5.64. The number of aryl methyl sites for hydroxylation is 1. The molecule has 0 amide bonds. The number of aliphatic imine (C=N–C) groups is 1. The van der Waals surface area contributed by atoms with E-state index >= 15 is 0 Å². The molecule has 0 aliphatic carbocycles. The van der Waals surface area contributed by atoms with Crippen molar-refractivity contribution in [3.8, 4) is 0 Å². The average molecular weight is 368 g/mol. The lowest BCUT2D eigenvalue weighted by Crippen LogP contribution is -2.39. The summed E-state index contributed by atoms with van der Waals surface area (Å²) >= 11 is 6.06. The van der Waals surface area contributed by atoms with Crippen molar-refractivity contribution in [2.24, 2.45) is 12.0 Å². The first kappa shape index (κ1) is 20.1. The molecule has 1 fully saturated rings. The molecule has 0 spiro atoms. The highest BCUT2D eigenvalue weighted by atomic mass is 35.5. The number of nitrogens with one attached hydrogen (secondary N) is 1. The maximum atomic E-state index is 6.06. The van der Waals surface area contributed by atoms with Gasteiger partial charge in [-0.05, 0) is 51.4 Å². The Balaban J connectivity index is 1.61. The van der Waals surface area contributed by atoms with Gasteiger partial charge < -0.3 is 19.7 Å². The molecule has 25 heavy (non-hydrogen) atoms. The molecule has 1 aromatic heterocycles. The first-order chi connectivity index (χ1) is 12.1. The zero-order valence-corrected chi connectivity index (χ0v) is 16.9. The van der Waals surface area contributed by atoms with Crippen LogP contribution in [-0.2, 0) is 13.6 Å². The molecule has 1 aromatic rings. The molecule has 0 saturated carbocycles. The van der Waals surface area contributed by atoms with E-state index in [0.29, 0.717) is 0 Å². The van der Waals surface area contributed by atoms with Gasteiger partial charge in [0.05, 0.1) is 11.6 Å². The van der Waals surface area contributed by atoms with Crippen molar-refractivity contribution < 1.29 is 0 Å². The summed E-state index contributed by atoms with van der Waals surface area (Å²) in [5, 5.41) is 4.25. The predicted octanol–water partition coefficient (Wildman–Crippen LogP) is 3.34. The summed E-state index contributed by atoms with van der Waals surface area (Å²) in [5.74, 6) is 0.938. The molecule has 0 aromatic carbocycles. The van der Waals surface area contributed by atoms with E-state index in [1.165, 1.54) is 63.9 Å². The Kier molecular flexibility index (Phi) is 8.62. The third-order valence-corrected chi connectivity index (χ3v) is 5.14. The van der Waals surface area contributed by atoms with Crippen LogP contribution in [0.2, 0.25) is 5.02 Å². The molecule has 142 valence electrons. The van der Waals surface area contributed by atoms with Crippen molar-refractivity contribution in [2.75, 3.05) is 40.3 Å². The Morgan fingerprint density at radius 3 is 2.64 bits per heavy atom. The van der Waals surface area contributed by atoms with Crippen LogP contribution in [-0.4, -0.2) is 60.6 Å². The number of unbranched alkanes of at least 4 members (excludes halogenated alkanes) is 2. The lowest BCUT2D eigenvalue weighted by Gasteiger charge is -2.26. The van der Waals surface area contributed by atoms with Crippen LogP contribution in [0.1, 0.15) is 44.2 Å². The van der Waals surface area contributed by atoms with Gasteiger partial charge >= 0.3 is 0 Å². The zero-order valence-electron chi connectivity index (χ0n) is 16.1. The van der Waals surface area contributed by atoms with Gasteiger partial charge in [0, 0.05) is 39.6 Å². The van der Waals surface area contributed by atoms with Crippen molar-refractivity contribution >= 4 is 17.6 Å². The van der Waals surface area contributed by atoms with Crippen LogP contribution in [0, 0.1) is 0 Å². The van der Waals surface area contributed by atoms with Gasteiger partial charge in [-0.15, -0.1) is 0 Å². The number of guanidine groups is 1. The Morgan fingerprint density at radius 2 is 2.00 bits per heavy atom. The van der Waals surface area contributed by atoms with E-state index in [1.54, 1.807) is 0 Å². The van der Waals surface area contributed by atoms with Crippen LogP contribution in [0.5, 0.6) is 0 Å². The minimum absolute atomic E-state index is 0.780. The fraction of sp³-hybridized carbons (Fsp3) is 0.737. The molecule has 1 aliphatic heterocycles. The molecule has 1 saturated heterocycles. The smallest absolute Gasteiger partial charge is 0.193 e. The van der Waals surface area contributed by atoms with E-state index in [9.17, 15) is 0 Å². The third-order valence-electron chi connectivity index (χ3n) is 4.93. The van der Waals surface area contributed by atoms with E-state index in [4.69, 9.17) is 11.6 Å². The highest BCUT2D eigenvalue weighted by molar-refractivity contribution is 6.30. The number of nitrogens with zero attached hydrogens (tertiary/aromatic N) is 4. The van der Waals surface area contributed by atoms with Gasteiger partial charge in [-0.25, -0.2) is 0 Å². The first-order valence-corrected chi connectivity index (χ1v) is 9.93. The Hall–Kier alpha value is -1.20. The summed E-state index contributed by atoms with van der Waals surface area (Å²) in [6, 6.07) is 2.01. The molecule has 6 heteroatoms. The molecule has 1 N–H and O–H groups in total. The van der Waals surface area contributed by atoms with Crippen LogP contribution in [0.15, 0.2) is 17.3 Å². The topological polar surface area (TPSA) is 35.8 Å². The van der Waals surface area contributed by atoms with Crippen molar-refractivity contribution in [1.82, 2.24) is 19.7 Å². The third kappa shape index (κ3) is 6.90. The highest BCUT2D eigenvalue weighted by Crippen LogP contribution is 2.14. The molecular weight excluding hydrogens is 334 g/mol. The minimum Gasteiger partial charge on any atom is -0.356 e. The largest absolute Gasteiger partial charge is 0.356 e. The van der Waals surface area contributed by atoms with Crippen LogP contribution in [0.4, 0.5) is 0 Å². The molecule has 0 unspecified atom stereocenters. The van der Waals surface area contributed by atoms with Gasteiger partial charge in [-0.1, -0.05) is 24.4 Å². The van der Waals surface area contributed by atoms with Crippen LogP contribution >= 0.6 is 11.6 Å². The quantitative estimate of drug-likeness (QED) is 0.435. The molecule has 1 aliphatic rings. The lowest BCUT2D eigenvalue weighted by molar-refractivity contribution is 0.224. The van der Waals surface area contributed by atoms with E-state index in [-0.39, 0.29) is 0 Å². The van der Waals surface area contributed by atoms with Crippen molar-refractivity contribution in [2.45, 2.75) is 45.1 Å². The molecule has 2 heterocycles. The number of aromatic nitrogens is 1. The van der Waals surface area contributed by atoms with Crippen molar-refractivity contribution in [1.29, 1.82) is 0 Å². The van der Waals surface area contributed by atoms with Gasteiger partial charge in [0.1, 0.15) is 0 Å². The van der Waals surface area contributed by atoms with Crippen LogP contribution < -0.4 is 5.32 Å². The summed E-state index contributed by atoms with van der Waals surface area (Å²) in [4.78, 5) is 9.15. The lowest BCUT2D eigenvalue weighted by atomic mass is 10.1. The maximum Gasteiger partial charge on any atom is 0.193 e. The molecule has 0 bridgehead atoms. The highest BCUT2D eigenvalue weighted by Gasteiger charge is 2.10. The zero-order chi connectivity index (χ0) is 18.1. The van der Waals surface area contributed by atoms with E-state index in [0.717, 1.165) is 24.1 Å². The van der Waals surface area contributed by atoms with Gasteiger partial charge in [0.2, 0.25) is 0 Å². The van der Waals surface area contributed by atoms with E-state index < -0.39 is 0 Å². The van der Waals surface area contributed by atoms with Crippen LogP contribution in [0.3, 0.4) is 0 Å². The second-order valence-corrected chi connectivity index (χ2v) is 7.49. The second kappa shape index (κ2) is 10.7. The fourth-order valence-corrected chi connectivity index (χ4v) is 3.72. The number of rotatable bonds is 8. The normalized spacial score (nSPS) is 16.2. The van der Waals surface area contributed by atoms with Crippen molar-refractivity contribution in [3.63, 3.8) is 0 Å². The number of piperidine rings is 1. The van der Waals surface area contributed by atoms with Gasteiger partial charge in [0.15, 0.2) is 5.96 Å². The molecular formula is C19H34ClN5. The fourth-order valence-electron chi connectivity index (χ4n) is 3.45.